The van der Waals surface area contributed by atoms with Crippen molar-refractivity contribution in [1.82, 2.24) is 9.88 Å². The van der Waals surface area contributed by atoms with Crippen LogP contribution in [-0.2, 0) is 14.3 Å². The smallest absolute Gasteiger partial charge is 0.355 e. The Balaban J connectivity index is 1.98. The predicted molar refractivity (Wildman–Crippen MR) is 89.1 cm³/mol. The Morgan fingerprint density at radius 2 is 1.96 bits per heavy atom. The van der Waals surface area contributed by atoms with Crippen molar-refractivity contribution in [3.63, 3.8) is 0 Å². The average Bonchev–Trinajstić information content (AvgIpc) is 2.87. The number of hydrogen-bond acceptors (Lipinski definition) is 5. The molecular weight excluding hydrogens is 326 g/mol. The van der Waals surface area contributed by atoms with Gasteiger partial charge in [0, 0.05) is 24.3 Å². The van der Waals surface area contributed by atoms with Gasteiger partial charge < -0.3 is 20.4 Å². The Bertz CT molecular complexity index is 722. The van der Waals surface area contributed by atoms with Gasteiger partial charge in [-0.15, -0.1) is 0 Å². The molecule has 1 aliphatic heterocycles. The fourth-order valence-electron chi connectivity index (χ4n) is 3.21. The van der Waals surface area contributed by atoms with E-state index >= 15 is 0 Å². The molecule has 2 amide bonds. The number of aryl methyl sites for hydroxylation is 1. The fraction of sp³-hybridized carbons (Fsp3) is 0.529. The first-order chi connectivity index (χ1) is 11.7. The van der Waals surface area contributed by atoms with Crippen LogP contribution in [0.15, 0.2) is 0 Å². The third kappa shape index (κ3) is 4.07. The van der Waals surface area contributed by atoms with E-state index in [2.05, 4.69) is 4.98 Å². The second-order valence-corrected chi connectivity index (χ2v) is 6.34. The molecular formula is C17H23N3O5. The minimum Gasteiger partial charge on any atom is -0.451 e. The normalized spacial score (nSPS) is 17.2. The highest BCUT2D eigenvalue weighted by Crippen LogP contribution is 2.20. The number of likely N-dealkylation sites (tertiary alicyclic amines) is 1. The summed E-state index contributed by atoms with van der Waals surface area (Å²) in [5.74, 6) is -1.99. The van der Waals surface area contributed by atoms with E-state index in [1.165, 1.54) is 11.8 Å². The lowest BCUT2D eigenvalue weighted by molar-refractivity contribution is -0.137. The molecule has 136 valence electrons. The number of carbonyl (C=O) groups is 4. The Hall–Kier alpha value is -2.64. The van der Waals surface area contributed by atoms with Crippen molar-refractivity contribution in [3.8, 4) is 0 Å². The first-order valence-electron chi connectivity index (χ1n) is 8.16. The minimum absolute atomic E-state index is 0.146. The number of aromatic nitrogens is 1. The number of Topliss-reactive ketones (excluding diaryl/α,β-unsaturated/α-hetero) is 1. The Labute approximate surface area is 145 Å². The lowest BCUT2D eigenvalue weighted by Gasteiger charge is -2.31. The van der Waals surface area contributed by atoms with Gasteiger partial charge in [-0.1, -0.05) is 0 Å². The van der Waals surface area contributed by atoms with E-state index in [0.717, 1.165) is 0 Å². The van der Waals surface area contributed by atoms with Crippen LogP contribution in [-0.4, -0.2) is 53.1 Å². The van der Waals surface area contributed by atoms with E-state index in [0.29, 0.717) is 36.2 Å². The number of aromatic amines is 1. The zero-order valence-electron chi connectivity index (χ0n) is 14.7. The van der Waals surface area contributed by atoms with Crippen LogP contribution in [0.5, 0.6) is 0 Å². The van der Waals surface area contributed by atoms with Crippen LogP contribution in [0, 0.1) is 19.8 Å². The monoisotopic (exact) mass is 349 g/mol. The maximum atomic E-state index is 12.2. The number of nitrogens with zero attached hydrogens (tertiary/aromatic N) is 1. The Morgan fingerprint density at radius 3 is 2.52 bits per heavy atom. The molecule has 1 aliphatic rings. The molecule has 25 heavy (non-hydrogen) atoms. The van der Waals surface area contributed by atoms with Gasteiger partial charge in [0.15, 0.2) is 12.4 Å². The van der Waals surface area contributed by atoms with E-state index in [1.807, 2.05) is 0 Å². The number of H-pyrrole nitrogens is 1. The first-order valence-corrected chi connectivity index (χ1v) is 8.16. The quantitative estimate of drug-likeness (QED) is 0.599. The van der Waals surface area contributed by atoms with Crippen molar-refractivity contribution in [2.45, 2.75) is 33.6 Å². The van der Waals surface area contributed by atoms with Crippen LogP contribution in [0.4, 0.5) is 0 Å². The molecule has 1 aromatic heterocycles. The highest BCUT2D eigenvalue weighted by Gasteiger charge is 2.28. The summed E-state index contributed by atoms with van der Waals surface area (Å²) in [7, 11) is 0. The van der Waals surface area contributed by atoms with Crippen LogP contribution in [0.25, 0.3) is 0 Å². The van der Waals surface area contributed by atoms with Crippen molar-refractivity contribution >= 4 is 23.6 Å². The second-order valence-electron chi connectivity index (χ2n) is 6.34. The van der Waals surface area contributed by atoms with Gasteiger partial charge in [-0.25, -0.2) is 4.79 Å². The molecule has 0 spiro atoms. The van der Waals surface area contributed by atoms with Gasteiger partial charge in [-0.3, -0.25) is 14.4 Å². The SMILES string of the molecule is CC(=O)c1c(C)[nH]c(C(=O)OCC(=O)N2CCC[C@H](C(N)=O)C2)c1C. The molecule has 0 bridgehead atoms. The number of carbonyl (C=O) groups excluding carboxylic acids is 4. The lowest BCUT2D eigenvalue weighted by Crippen LogP contribution is -2.45. The molecule has 1 fully saturated rings. The number of esters is 1. The van der Waals surface area contributed by atoms with Crippen LogP contribution < -0.4 is 5.73 Å². The molecule has 1 saturated heterocycles. The molecule has 8 heteroatoms. The highest BCUT2D eigenvalue weighted by atomic mass is 16.5. The van der Waals surface area contributed by atoms with Gasteiger partial charge >= 0.3 is 5.97 Å². The van der Waals surface area contributed by atoms with E-state index < -0.39 is 18.5 Å². The van der Waals surface area contributed by atoms with Gasteiger partial charge in [0.1, 0.15) is 5.69 Å². The molecule has 1 aromatic rings. The molecule has 0 saturated carbocycles. The van der Waals surface area contributed by atoms with Crippen molar-refractivity contribution in [2.24, 2.45) is 11.7 Å². The van der Waals surface area contributed by atoms with Crippen molar-refractivity contribution in [3.05, 3.63) is 22.5 Å². The lowest BCUT2D eigenvalue weighted by atomic mass is 9.97. The van der Waals surface area contributed by atoms with Crippen LogP contribution in [0.3, 0.4) is 0 Å². The third-order valence-electron chi connectivity index (χ3n) is 4.50. The van der Waals surface area contributed by atoms with E-state index in [1.54, 1.807) is 13.8 Å². The number of hydrogen-bond donors (Lipinski definition) is 2. The maximum absolute atomic E-state index is 12.2. The summed E-state index contributed by atoms with van der Waals surface area (Å²) in [6.07, 6.45) is 1.35. The molecule has 0 aliphatic carbocycles. The third-order valence-corrected chi connectivity index (χ3v) is 4.50. The highest BCUT2D eigenvalue weighted by molar-refractivity contribution is 6.01. The zero-order chi connectivity index (χ0) is 18.7. The van der Waals surface area contributed by atoms with Gasteiger partial charge in [0.25, 0.3) is 5.91 Å². The maximum Gasteiger partial charge on any atom is 0.355 e. The number of rotatable bonds is 5. The van der Waals surface area contributed by atoms with E-state index in [4.69, 9.17) is 10.5 Å². The molecule has 0 radical (unpaired) electrons. The predicted octanol–water partition coefficient (Wildman–Crippen LogP) is 0.715. The number of nitrogens with two attached hydrogens (primary N) is 1. The summed E-state index contributed by atoms with van der Waals surface area (Å²) in [6.45, 7) is 5.12. The summed E-state index contributed by atoms with van der Waals surface area (Å²) in [5.41, 5.74) is 7.01. The summed E-state index contributed by atoms with van der Waals surface area (Å²) < 4.78 is 5.08. The summed E-state index contributed by atoms with van der Waals surface area (Å²) in [4.78, 5) is 51.6. The van der Waals surface area contributed by atoms with Crippen molar-refractivity contribution in [1.29, 1.82) is 0 Å². The Kier molecular flexibility index (Phi) is 5.61. The molecule has 2 heterocycles. The van der Waals surface area contributed by atoms with Crippen LogP contribution in [0.2, 0.25) is 0 Å². The largest absolute Gasteiger partial charge is 0.451 e. The van der Waals surface area contributed by atoms with Gasteiger partial charge in [-0.2, -0.15) is 0 Å². The summed E-state index contributed by atoms with van der Waals surface area (Å²) >= 11 is 0. The van der Waals surface area contributed by atoms with Crippen LogP contribution in [0.1, 0.15) is 51.9 Å². The molecule has 3 N–H and O–H groups in total. The van der Waals surface area contributed by atoms with Gasteiger partial charge in [0.2, 0.25) is 5.91 Å². The van der Waals surface area contributed by atoms with Gasteiger partial charge in [0.05, 0.1) is 5.92 Å². The fourth-order valence-corrected chi connectivity index (χ4v) is 3.21. The summed E-state index contributed by atoms with van der Waals surface area (Å²) in [6, 6.07) is 0. The second kappa shape index (κ2) is 7.50. The molecule has 0 unspecified atom stereocenters. The minimum atomic E-state index is -0.690. The zero-order valence-corrected chi connectivity index (χ0v) is 14.7. The van der Waals surface area contributed by atoms with E-state index in [-0.39, 0.29) is 29.8 Å². The topological polar surface area (TPSA) is 123 Å². The van der Waals surface area contributed by atoms with E-state index in [9.17, 15) is 19.2 Å². The molecule has 1 atom stereocenters. The number of primary amides is 1. The average molecular weight is 349 g/mol. The van der Waals surface area contributed by atoms with Gasteiger partial charge in [-0.05, 0) is 39.2 Å². The van der Waals surface area contributed by atoms with Crippen molar-refractivity contribution in [2.75, 3.05) is 19.7 Å². The Morgan fingerprint density at radius 1 is 1.28 bits per heavy atom. The number of ether oxygens (including phenoxy) is 1. The molecule has 8 nitrogen and oxygen atoms in total. The molecule has 0 aromatic carbocycles. The number of nitrogens with one attached hydrogen (secondary N) is 1. The standard InChI is InChI=1S/C17H23N3O5/c1-9-14(11(3)21)10(2)19-15(9)17(24)25-8-13(22)20-6-4-5-12(7-20)16(18)23/h12,19H,4-8H2,1-3H3,(H2,18,23)/t12-/m0/s1. The number of ketones is 1. The molecule has 2 rings (SSSR count). The summed E-state index contributed by atoms with van der Waals surface area (Å²) in [5, 5.41) is 0. The number of amides is 2. The first kappa shape index (κ1) is 18.7. The van der Waals surface area contributed by atoms with Crippen LogP contribution >= 0.6 is 0 Å². The number of piperidine rings is 1. The van der Waals surface area contributed by atoms with Crippen molar-refractivity contribution < 1.29 is 23.9 Å².